The summed E-state index contributed by atoms with van der Waals surface area (Å²) in [4.78, 5) is 63.9. The smallest absolute Gasteiger partial charge is 0.326 e. The van der Waals surface area contributed by atoms with Gasteiger partial charge in [-0.2, -0.15) is 0 Å². The van der Waals surface area contributed by atoms with E-state index in [1.807, 2.05) is 6.92 Å². The van der Waals surface area contributed by atoms with Crippen LogP contribution >= 0.6 is 0 Å². The van der Waals surface area contributed by atoms with Gasteiger partial charge >= 0.3 is 5.97 Å². The van der Waals surface area contributed by atoms with Gasteiger partial charge in [0.25, 0.3) is 0 Å². The number of carboxylic acid groups (broad SMARTS) is 1. The molecule has 4 amide bonds. The Labute approximate surface area is 197 Å². The largest absolute Gasteiger partial charge is 0.480 e. The number of hydrogen-bond acceptors (Lipinski definition) is 8. The number of carbonyl (C=O) groups excluding carboxylic acids is 4. The van der Waals surface area contributed by atoms with Crippen LogP contribution in [-0.2, 0) is 24.0 Å². The van der Waals surface area contributed by atoms with Crippen LogP contribution in [0.1, 0.15) is 39.5 Å². The number of guanidine groups is 1. The summed E-state index contributed by atoms with van der Waals surface area (Å²) in [6, 6.07) is -5.33. The number of nitrogens with two attached hydrogens (primary N) is 4. The molecule has 0 fully saturated rings. The van der Waals surface area contributed by atoms with Gasteiger partial charge < -0.3 is 49.1 Å². The van der Waals surface area contributed by atoms with Crippen LogP contribution in [0, 0.1) is 5.92 Å². The highest BCUT2D eigenvalue weighted by molar-refractivity contribution is 5.96. The maximum absolute atomic E-state index is 12.6. The zero-order valence-corrected chi connectivity index (χ0v) is 19.3. The third-order valence-corrected chi connectivity index (χ3v) is 4.97. The molecule has 15 heteroatoms. The molecule has 0 aromatic rings. The van der Waals surface area contributed by atoms with Crippen molar-refractivity contribution in [1.82, 2.24) is 16.0 Å². The van der Waals surface area contributed by atoms with E-state index >= 15 is 0 Å². The Morgan fingerprint density at radius 3 is 1.91 bits per heavy atom. The number of aliphatic hydroxyl groups excluding tert-OH is 1. The third-order valence-electron chi connectivity index (χ3n) is 4.97. The van der Waals surface area contributed by atoms with Gasteiger partial charge in [-0.25, -0.2) is 4.79 Å². The quantitative estimate of drug-likeness (QED) is 0.0573. The van der Waals surface area contributed by atoms with E-state index in [-0.39, 0.29) is 31.3 Å². The first-order valence-corrected chi connectivity index (χ1v) is 10.7. The maximum atomic E-state index is 12.6. The minimum atomic E-state index is -1.57. The fraction of sp³-hybridized carbons (Fsp3) is 0.684. The number of nitrogens with one attached hydrogen (secondary N) is 3. The Bertz CT molecular complexity index is 757. The zero-order valence-electron chi connectivity index (χ0n) is 19.3. The molecule has 0 aliphatic carbocycles. The van der Waals surface area contributed by atoms with Crippen LogP contribution < -0.4 is 38.9 Å². The number of nitrogens with zero attached hydrogens (tertiary/aromatic N) is 1. The minimum absolute atomic E-state index is 0.0300. The molecule has 0 aromatic carbocycles. The van der Waals surface area contributed by atoms with E-state index in [4.69, 9.17) is 22.9 Å². The molecule has 0 radical (unpaired) electrons. The summed E-state index contributed by atoms with van der Waals surface area (Å²) in [7, 11) is 0. The molecule has 15 nitrogen and oxygen atoms in total. The SMILES string of the molecule is CCC(C)C(N)C(=O)NC(CC(N)=O)C(=O)NC(CO)C(=O)NC(CCCN=C(N)N)C(=O)O. The fourth-order valence-corrected chi connectivity index (χ4v) is 2.69. The lowest BCUT2D eigenvalue weighted by Crippen LogP contribution is -2.59. The van der Waals surface area contributed by atoms with Gasteiger partial charge in [-0.15, -0.1) is 0 Å². The van der Waals surface area contributed by atoms with E-state index in [0.29, 0.717) is 6.42 Å². The maximum Gasteiger partial charge on any atom is 0.326 e. The number of aliphatic carboxylic acids is 1. The molecule has 194 valence electrons. The monoisotopic (exact) mass is 488 g/mol. The third kappa shape index (κ3) is 11.4. The van der Waals surface area contributed by atoms with Crippen LogP contribution in [0.15, 0.2) is 4.99 Å². The van der Waals surface area contributed by atoms with Gasteiger partial charge in [-0.1, -0.05) is 20.3 Å². The molecule has 5 atom stereocenters. The second-order valence-electron chi connectivity index (χ2n) is 7.73. The fourth-order valence-electron chi connectivity index (χ4n) is 2.69. The Morgan fingerprint density at radius 1 is 0.912 bits per heavy atom. The van der Waals surface area contributed by atoms with E-state index in [9.17, 15) is 34.2 Å². The van der Waals surface area contributed by atoms with E-state index in [2.05, 4.69) is 20.9 Å². The first-order chi connectivity index (χ1) is 15.8. The lowest BCUT2D eigenvalue weighted by Gasteiger charge is -2.25. The van der Waals surface area contributed by atoms with Crippen LogP contribution in [0.5, 0.6) is 0 Å². The van der Waals surface area contributed by atoms with Gasteiger partial charge in [-0.05, 0) is 18.8 Å². The van der Waals surface area contributed by atoms with Crippen LogP contribution in [-0.4, -0.2) is 83.1 Å². The van der Waals surface area contributed by atoms with E-state index in [1.54, 1.807) is 6.92 Å². The van der Waals surface area contributed by atoms with Crippen LogP contribution in [0.4, 0.5) is 0 Å². The highest BCUT2D eigenvalue weighted by atomic mass is 16.4. The van der Waals surface area contributed by atoms with E-state index < -0.39 is 66.8 Å². The Hall–Kier alpha value is -3.46. The van der Waals surface area contributed by atoms with Gasteiger partial charge in [0.05, 0.1) is 19.1 Å². The second-order valence-corrected chi connectivity index (χ2v) is 7.73. The van der Waals surface area contributed by atoms with Crippen molar-refractivity contribution >= 4 is 35.6 Å². The molecular formula is C19H36N8O7. The normalized spacial score (nSPS) is 15.1. The number of primary amides is 1. The molecule has 34 heavy (non-hydrogen) atoms. The summed E-state index contributed by atoms with van der Waals surface area (Å²) in [6.45, 7) is 2.80. The number of hydrogen-bond donors (Lipinski definition) is 9. The summed E-state index contributed by atoms with van der Waals surface area (Å²) >= 11 is 0. The molecule has 0 aliphatic rings. The number of carbonyl (C=O) groups is 5. The van der Waals surface area contributed by atoms with Gasteiger partial charge in [-0.3, -0.25) is 24.2 Å². The Kier molecular flexibility index (Phi) is 13.8. The van der Waals surface area contributed by atoms with Crippen molar-refractivity contribution in [1.29, 1.82) is 0 Å². The minimum Gasteiger partial charge on any atom is -0.480 e. The van der Waals surface area contributed by atoms with Gasteiger partial charge in [0, 0.05) is 6.54 Å². The summed E-state index contributed by atoms with van der Waals surface area (Å²) in [5, 5.41) is 25.5. The average Bonchev–Trinajstić information content (AvgIpc) is 2.76. The predicted octanol–water partition coefficient (Wildman–Crippen LogP) is -4.18. The summed E-state index contributed by atoms with van der Waals surface area (Å²) in [5.41, 5.74) is 21.4. The Balaban J connectivity index is 5.24. The predicted molar refractivity (Wildman–Crippen MR) is 122 cm³/mol. The van der Waals surface area contributed by atoms with Gasteiger partial charge in [0.15, 0.2) is 5.96 Å². The summed E-state index contributed by atoms with van der Waals surface area (Å²) < 4.78 is 0. The van der Waals surface area contributed by atoms with Crippen molar-refractivity contribution < 1.29 is 34.2 Å². The first kappa shape index (κ1) is 30.5. The summed E-state index contributed by atoms with van der Waals surface area (Å²) in [5.74, 6) is -5.32. The summed E-state index contributed by atoms with van der Waals surface area (Å²) in [6.07, 6.45) is 0.199. The van der Waals surface area contributed by atoms with Crippen molar-refractivity contribution in [3.05, 3.63) is 0 Å². The number of amides is 4. The van der Waals surface area contributed by atoms with Gasteiger partial charge in [0.2, 0.25) is 23.6 Å². The molecule has 0 spiro atoms. The van der Waals surface area contributed by atoms with Crippen LogP contribution in [0.3, 0.4) is 0 Å². The van der Waals surface area contributed by atoms with E-state index in [0.717, 1.165) is 0 Å². The van der Waals surface area contributed by atoms with Crippen molar-refractivity contribution in [2.24, 2.45) is 33.8 Å². The average molecular weight is 489 g/mol. The van der Waals surface area contributed by atoms with Crippen molar-refractivity contribution in [2.75, 3.05) is 13.2 Å². The molecule has 0 bridgehead atoms. The highest BCUT2D eigenvalue weighted by Gasteiger charge is 2.31. The molecule has 0 aromatic heterocycles. The van der Waals surface area contributed by atoms with Crippen molar-refractivity contribution in [2.45, 2.75) is 63.7 Å². The Morgan fingerprint density at radius 2 is 1.44 bits per heavy atom. The number of carboxylic acids is 1. The number of rotatable bonds is 16. The number of aliphatic hydroxyl groups is 1. The molecule has 0 rings (SSSR count). The van der Waals surface area contributed by atoms with Gasteiger partial charge in [0.1, 0.15) is 18.1 Å². The molecule has 0 saturated heterocycles. The number of aliphatic imine (C=N–C) groups is 1. The molecule has 0 aliphatic heterocycles. The first-order valence-electron chi connectivity index (χ1n) is 10.7. The van der Waals surface area contributed by atoms with Crippen LogP contribution in [0.2, 0.25) is 0 Å². The molecular weight excluding hydrogens is 452 g/mol. The van der Waals surface area contributed by atoms with Crippen LogP contribution in [0.25, 0.3) is 0 Å². The van der Waals surface area contributed by atoms with Crippen molar-refractivity contribution in [3.63, 3.8) is 0 Å². The lowest BCUT2D eigenvalue weighted by molar-refractivity contribution is -0.143. The lowest BCUT2D eigenvalue weighted by atomic mass is 9.99. The zero-order chi connectivity index (χ0) is 26.4. The standard InChI is InChI=1S/C19H36N8O7/c1-3-9(2)14(21)17(32)26-11(7-13(20)29)15(30)27-12(8-28)16(31)25-10(18(33)34)5-4-6-24-19(22)23/h9-12,14,28H,3-8,21H2,1-2H3,(H2,20,29)(H,25,31)(H,26,32)(H,27,30)(H,33,34)(H4,22,23,24). The second kappa shape index (κ2) is 15.4. The van der Waals surface area contributed by atoms with Crippen molar-refractivity contribution in [3.8, 4) is 0 Å². The topological polar surface area (TPSA) is 278 Å². The molecule has 0 heterocycles. The molecule has 13 N–H and O–H groups in total. The highest BCUT2D eigenvalue weighted by Crippen LogP contribution is 2.06. The molecule has 5 unspecified atom stereocenters. The van der Waals surface area contributed by atoms with E-state index in [1.165, 1.54) is 0 Å². The molecule has 0 saturated carbocycles.